The summed E-state index contributed by atoms with van der Waals surface area (Å²) in [7, 11) is 0. The molecule has 0 aromatic carbocycles. The van der Waals surface area contributed by atoms with E-state index in [1.165, 1.54) is 0 Å². The van der Waals surface area contributed by atoms with Crippen LogP contribution in [0.15, 0.2) is 0 Å². The van der Waals surface area contributed by atoms with E-state index < -0.39 is 5.54 Å². The van der Waals surface area contributed by atoms with E-state index in [9.17, 15) is 9.59 Å². The summed E-state index contributed by atoms with van der Waals surface area (Å²) in [5, 5.41) is 2.92. The highest BCUT2D eigenvalue weighted by molar-refractivity contribution is 5.99. The monoisotopic (exact) mass is 262 g/mol. The van der Waals surface area contributed by atoms with Gasteiger partial charge in [-0.1, -0.05) is 0 Å². The summed E-state index contributed by atoms with van der Waals surface area (Å²) in [6.07, 6.45) is 9.76. The third-order valence-electron chi connectivity index (χ3n) is 4.30. The Balaban J connectivity index is 2.04. The molecule has 1 N–H and O–H groups in total. The fourth-order valence-electron chi connectivity index (χ4n) is 2.77. The molecule has 1 saturated heterocycles. The van der Waals surface area contributed by atoms with Crippen LogP contribution in [0.25, 0.3) is 0 Å². The molecule has 19 heavy (non-hydrogen) atoms. The van der Waals surface area contributed by atoms with E-state index in [0.29, 0.717) is 12.5 Å². The van der Waals surface area contributed by atoms with E-state index in [0.717, 1.165) is 32.1 Å². The number of hydrogen-bond acceptors (Lipinski definition) is 2. The lowest BCUT2D eigenvalue weighted by Crippen LogP contribution is -2.69. The van der Waals surface area contributed by atoms with Crippen molar-refractivity contribution in [2.75, 3.05) is 6.54 Å². The Kier molecular flexibility index (Phi) is 3.84. The first kappa shape index (κ1) is 13.9. The molecule has 0 radical (unpaired) electrons. The molecule has 4 nitrogen and oxygen atoms in total. The minimum atomic E-state index is -0.685. The number of rotatable bonds is 5. The maximum atomic E-state index is 12.6. The number of hydrogen-bond donors (Lipinski definition) is 1. The van der Waals surface area contributed by atoms with Gasteiger partial charge in [-0.15, -0.1) is 12.3 Å². The molecule has 1 saturated carbocycles. The van der Waals surface area contributed by atoms with Crippen molar-refractivity contribution in [1.29, 1.82) is 0 Å². The number of unbranched alkanes of at least 4 members (excludes halogenated alkanes) is 2. The van der Waals surface area contributed by atoms with Crippen LogP contribution in [0.4, 0.5) is 0 Å². The number of piperazine rings is 1. The van der Waals surface area contributed by atoms with Gasteiger partial charge in [0.25, 0.3) is 0 Å². The zero-order chi connectivity index (χ0) is 14.0. The third-order valence-corrected chi connectivity index (χ3v) is 4.30. The molecule has 0 aromatic heterocycles. The van der Waals surface area contributed by atoms with E-state index in [2.05, 4.69) is 11.2 Å². The van der Waals surface area contributed by atoms with Crippen LogP contribution in [0.2, 0.25) is 0 Å². The molecule has 0 spiro atoms. The number of carbonyl (C=O) groups is 2. The van der Waals surface area contributed by atoms with E-state index in [1.807, 2.05) is 6.92 Å². The molecule has 2 rings (SSSR count). The van der Waals surface area contributed by atoms with Gasteiger partial charge in [0.1, 0.15) is 11.6 Å². The molecule has 104 valence electrons. The number of carbonyl (C=O) groups excluding carboxylic acids is 2. The first-order chi connectivity index (χ1) is 9.00. The maximum Gasteiger partial charge on any atom is 0.248 e. The topological polar surface area (TPSA) is 49.4 Å². The predicted molar refractivity (Wildman–Crippen MR) is 73.1 cm³/mol. The molecular weight excluding hydrogens is 240 g/mol. The molecule has 2 atom stereocenters. The van der Waals surface area contributed by atoms with Gasteiger partial charge < -0.3 is 10.2 Å². The predicted octanol–water partition coefficient (Wildman–Crippen LogP) is 1.31. The zero-order valence-electron chi connectivity index (χ0n) is 11.7. The molecule has 4 heteroatoms. The summed E-state index contributed by atoms with van der Waals surface area (Å²) in [4.78, 5) is 26.4. The van der Waals surface area contributed by atoms with E-state index in [4.69, 9.17) is 6.42 Å². The molecule has 1 aliphatic heterocycles. The van der Waals surface area contributed by atoms with Gasteiger partial charge in [-0.2, -0.15) is 0 Å². The molecule has 2 amide bonds. The largest absolute Gasteiger partial charge is 0.340 e. The van der Waals surface area contributed by atoms with Crippen molar-refractivity contribution in [2.24, 2.45) is 5.92 Å². The maximum absolute atomic E-state index is 12.6. The van der Waals surface area contributed by atoms with Crippen molar-refractivity contribution in [3.8, 4) is 12.3 Å². The molecule has 0 aromatic rings. The summed E-state index contributed by atoms with van der Waals surface area (Å²) < 4.78 is 0. The molecule has 2 fully saturated rings. The fourth-order valence-corrected chi connectivity index (χ4v) is 2.77. The molecule has 0 bridgehead atoms. The summed E-state index contributed by atoms with van der Waals surface area (Å²) in [6.45, 7) is 4.28. The van der Waals surface area contributed by atoms with E-state index in [1.54, 1.807) is 11.8 Å². The number of terminal acetylenes is 1. The van der Waals surface area contributed by atoms with Crippen LogP contribution in [-0.4, -0.2) is 34.8 Å². The van der Waals surface area contributed by atoms with Crippen molar-refractivity contribution in [3.63, 3.8) is 0 Å². The Hall–Kier alpha value is -1.50. The van der Waals surface area contributed by atoms with Crippen LogP contribution in [0.5, 0.6) is 0 Å². The number of nitrogens with zero attached hydrogens (tertiary/aromatic N) is 1. The van der Waals surface area contributed by atoms with Crippen molar-refractivity contribution >= 4 is 11.8 Å². The Bertz CT molecular complexity index is 422. The zero-order valence-corrected chi connectivity index (χ0v) is 11.7. The minimum Gasteiger partial charge on any atom is -0.340 e. The molecule has 2 unspecified atom stereocenters. The summed E-state index contributed by atoms with van der Waals surface area (Å²) in [5.41, 5.74) is -0.685. The average Bonchev–Trinajstić information content (AvgIpc) is 3.20. The Morgan fingerprint density at radius 1 is 1.42 bits per heavy atom. The molecular formula is C15H22N2O2. The Morgan fingerprint density at radius 3 is 2.68 bits per heavy atom. The highest BCUT2D eigenvalue weighted by Gasteiger charge is 2.54. The third kappa shape index (κ3) is 2.60. The van der Waals surface area contributed by atoms with Crippen molar-refractivity contribution in [2.45, 2.75) is 57.5 Å². The second-order valence-corrected chi connectivity index (χ2v) is 5.80. The second-order valence-electron chi connectivity index (χ2n) is 5.80. The first-order valence-electron chi connectivity index (χ1n) is 7.07. The van der Waals surface area contributed by atoms with Crippen molar-refractivity contribution in [3.05, 3.63) is 0 Å². The lowest BCUT2D eigenvalue weighted by molar-refractivity contribution is -0.154. The summed E-state index contributed by atoms with van der Waals surface area (Å²) in [5.74, 6) is 2.94. The lowest BCUT2D eigenvalue weighted by atomic mass is 9.89. The Labute approximate surface area is 114 Å². The quantitative estimate of drug-likeness (QED) is 0.600. The summed E-state index contributed by atoms with van der Waals surface area (Å²) >= 11 is 0. The SMILES string of the molecule is C#CCCCCN1C(=O)C(C)(C2CC2)NC(=O)C1C. The van der Waals surface area contributed by atoms with Gasteiger partial charge >= 0.3 is 0 Å². The van der Waals surface area contributed by atoms with Gasteiger partial charge in [-0.3, -0.25) is 9.59 Å². The fraction of sp³-hybridized carbons (Fsp3) is 0.733. The highest BCUT2D eigenvalue weighted by atomic mass is 16.2. The van der Waals surface area contributed by atoms with Crippen molar-refractivity contribution in [1.82, 2.24) is 10.2 Å². The van der Waals surface area contributed by atoms with Gasteiger partial charge in [0.05, 0.1) is 0 Å². The van der Waals surface area contributed by atoms with Crippen LogP contribution >= 0.6 is 0 Å². The van der Waals surface area contributed by atoms with Crippen LogP contribution in [0.1, 0.15) is 46.0 Å². The van der Waals surface area contributed by atoms with Crippen molar-refractivity contribution < 1.29 is 9.59 Å². The van der Waals surface area contributed by atoms with Gasteiger partial charge in [0.15, 0.2) is 0 Å². The van der Waals surface area contributed by atoms with Crippen LogP contribution < -0.4 is 5.32 Å². The lowest BCUT2D eigenvalue weighted by Gasteiger charge is -2.43. The van der Waals surface area contributed by atoms with Gasteiger partial charge in [0.2, 0.25) is 11.8 Å². The second kappa shape index (κ2) is 5.24. The normalized spacial score (nSPS) is 31.0. The van der Waals surface area contributed by atoms with Crippen LogP contribution in [0.3, 0.4) is 0 Å². The molecule has 1 aliphatic carbocycles. The van der Waals surface area contributed by atoms with Gasteiger partial charge in [-0.25, -0.2) is 0 Å². The number of amides is 2. The van der Waals surface area contributed by atoms with E-state index >= 15 is 0 Å². The molecule has 2 aliphatic rings. The first-order valence-corrected chi connectivity index (χ1v) is 7.07. The molecule has 1 heterocycles. The van der Waals surface area contributed by atoms with Gasteiger partial charge in [0, 0.05) is 13.0 Å². The summed E-state index contributed by atoms with van der Waals surface area (Å²) in [6, 6.07) is -0.370. The highest BCUT2D eigenvalue weighted by Crippen LogP contribution is 2.42. The van der Waals surface area contributed by atoms with Crippen LogP contribution in [-0.2, 0) is 9.59 Å². The Morgan fingerprint density at radius 2 is 2.11 bits per heavy atom. The standard InChI is InChI=1S/C15H22N2O2/c1-4-5-6-7-10-17-11(2)13(18)16-15(3,14(17)19)12-8-9-12/h1,11-12H,5-10H2,2-3H3,(H,16,18). The number of nitrogens with one attached hydrogen (secondary N) is 1. The smallest absolute Gasteiger partial charge is 0.248 e. The van der Waals surface area contributed by atoms with Crippen LogP contribution in [0, 0.1) is 18.3 Å². The minimum absolute atomic E-state index is 0.0362. The van der Waals surface area contributed by atoms with Gasteiger partial charge in [-0.05, 0) is 45.4 Å². The average molecular weight is 262 g/mol. The van der Waals surface area contributed by atoms with E-state index in [-0.39, 0.29) is 17.9 Å².